The standard InChI is InChI=1S/C29H35F2N5O2/c1-20(35-16-14-34(15-17-35)19-25(37)36-12-6-7-13-36)28(38)26-27(23-18-22(30)10-11-24(23)31)32-33-29(26,2)21-8-4-3-5-9-21/h3-5,8-11,18,20,26-27H,6-7,12-17,19H2,1-2H3. The van der Waals surface area contributed by atoms with Crippen molar-refractivity contribution in [1.82, 2.24) is 14.7 Å². The fraction of sp³-hybridized carbons (Fsp3) is 0.517. The number of carbonyl (C=O) groups excluding carboxylic acids is 2. The third-order valence-electron chi connectivity index (χ3n) is 8.44. The van der Waals surface area contributed by atoms with Crippen LogP contribution in [0.15, 0.2) is 58.8 Å². The van der Waals surface area contributed by atoms with Crippen LogP contribution in [0, 0.1) is 17.6 Å². The van der Waals surface area contributed by atoms with Gasteiger partial charge in [0.1, 0.15) is 23.2 Å². The molecule has 5 rings (SSSR count). The number of rotatable bonds is 7. The molecule has 7 nitrogen and oxygen atoms in total. The minimum atomic E-state index is -1.01. The Morgan fingerprint density at radius 2 is 1.68 bits per heavy atom. The molecule has 1 amide bonds. The van der Waals surface area contributed by atoms with Crippen LogP contribution in [0.2, 0.25) is 0 Å². The Morgan fingerprint density at radius 3 is 2.37 bits per heavy atom. The minimum absolute atomic E-state index is 0.0456. The van der Waals surface area contributed by atoms with Crippen molar-refractivity contribution < 1.29 is 18.4 Å². The summed E-state index contributed by atoms with van der Waals surface area (Å²) in [6.07, 6.45) is 2.14. The van der Waals surface area contributed by atoms with Crippen molar-refractivity contribution in [1.29, 1.82) is 0 Å². The highest BCUT2D eigenvalue weighted by Crippen LogP contribution is 2.50. The largest absolute Gasteiger partial charge is 0.342 e. The first-order chi connectivity index (χ1) is 18.3. The maximum atomic E-state index is 14.9. The number of nitrogens with zero attached hydrogens (tertiary/aromatic N) is 5. The van der Waals surface area contributed by atoms with Gasteiger partial charge in [0.25, 0.3) is 0 Å². The van der Waals surface area contributed by atoms with E-state index in [1.54, 1.807) is 0 Å². The van der Waals surface area contributed by atoms with E-state index in [1.165, 1.54) is 0 Å². The van der Waals surface area contributed by atoms with Gasteiger partial charge in [-0.2, -0.15) is 10.2 Å². The quantitative estimate of drug-likeness (QED) is 0.546. The van der Waals surface area contributed by atoms with Crippen LogP contribution in [0.3, 0.4) is 0 Å². The molecule has 3 aliphatic heterocycles. The van der Waals surface area contributed by atoms with Gasteiger partial charge in [0.05, 0.1) is 18.5 Å². The Kier molecular flexibility index (Phi) is 7.68. The van der Waals surface area contributed by atoms with Crippen molar-refractivity contribution in [2.24, 2.45) is 16.1 Å². The maximum Gasteiger partial charge on any atom is 0.236 e. The van der Waals surface area contributed by atoms with E-state index in [1.807, 2.05) is 49.1 Å². The SMILES string of the molecule is CC(C(=O)C1C(c2cc(F)ccc2F)N=NC1(C)c1ccccc1)N1CCN(CC(=O)N2CCCC2)CC1. The van der Waals surface area contributed by atoms with Crippen molar-refractivity contribution in [3.8, 4) is 0 Å². The lowest BCUT2D eigenvalue weighted by molar-refractivity contribution is -0.134. The summed E-state index contributed by atoms with van der Waals surface area (Å²) >= 11 is 0. The van der Waals surface area contributed by atoms with Gasteiger partial charge in [-0.05, 0) is 50.5 Å². The molecule has 0 saturated carbocycles. The van der Waals surface area contributed by atoms with Crippen LogP contribution in [0.1, 0.15) is 43.9 Å². The summed E-state index contributed by atoms with van der Waals surface area (Å²) in [5, 5.41) is 8.90. The molecule has 38 heavy (non-hydrogen) atoms. The topological polar surface area (TPSA) is 68.6 Å². The van der Waals surface area contributed by atoms with Crippen molar-refractivity contribution in [2.45, 2.75) is 44.3 Å². The van der Waals surface area contributed by atoms with Gasteiger partial charge >= 0.3 is 0 Å². The van der Waals surface area contributed by atoms with Gasteiger partial charge in [-0.3, -0.25) is 19.4 Å². The second kappa shape index (κ2) is 11.0. The van der Waals surface area contributed by atoms with E-state index >= 15 is 0 Å². The van der Waals surface area contributed by atoms with Gasteiger partial charge in [-0.1, -0.05) is 30.3 Å². The van der Waals surface area contributed by atoms with Gasteiger partial charge in [-0.15, -0.1) is 0 Å². The van der Waals surface area contributed by atoms with Gasteiger partial charge in [0, 0.05) is 44.8 Å². The molecule has 4 unspecified atom stereocenters. The van der Waals surface area contributed by atoms with E-state index in [4.69, 9.17) is 0 Å². The molecule has 2 aromatic rings. The Morgan fingerprint density at radius 1 is 1.00 bits per heavy atom. The number of carbonyl (C=O) groups is 2. The van der Waals surface area contributed by atoms with Gasteiger partial charge in [-0.25, -0.2) is 8.78 Å². The average Bonchev–Trinajstić information content (AvgIpc) is 3.59. The smallest absolute Gasteiger partial charge is 0.236 e. The number of ketones is 1. The van der Waals surface area contributed by atoms with Crippen molar-refractivity contribution in [3.63, 3.8) is 0 Å². The lowest BCUT2D eigenvalue weighted by atomic mass is 9.72. The number of hydrogen-bond acceptors (Lipinski definition) is 6. The molecule has 3 aliphatic rings. The summed E-state index contributed by atoms with van der Waals surface area (Å²) in [5.74, 6) is -1.91. The Balaban J connectivity index is 1.34. The van der Waals surface area contributed by atoms with Crippen LogP contribution in [0.25, 0.3) is 0 Å². The third-order valence-corrected chi connectivity index (χ3v) is 8.44. The highest BCUT2D eigenvalue weighted by atomic mass is 19.1. The first kappa shape index (κ1) is 26.6. The highest BCUT2D eigenvalue weighted by Gasteiger charge is 2.52. The predicted octanol–water partition coefficient (Wildman–Crippen LogP) is 4.20. The number of likely N-dealkylation sites (tertiary alicyclic amines) is 1. The molecule has 2 saturated heterocycles. The monoisotopic (exact) mass is 523 g/mol. The molecule has 0 aliphatic carbocycles. The first-order valence-electron chi connectivity index (χ1n) is 13.5. The summed E-state index contributed by atoms with van der Waals surface area (Å²) in [6.45, 7) is 8.47. The summed E-state index contributed by atoms with van der Waals surface area (Å²) < 4.78 is 29.1. The number of halogens is 2. The molecule has 0 radical (unpaired) electrons. The Hall–Kier alpha value is -3.04. The van der Waals surface area contributed by atoms with Crippen LogP contribution >= 0.6 is 0 Å². The number of Topliss-reactive ketones (excluding diaryl/α,β-unsaturated/α-hetero) is 1. The summed E-state index contributed by atoms with van der Waals surface area (Å²) in [6, 6.07) is 11.3. The van der Waals surface area contributed by atoms with Crippen LogP contribution in [-0.4, -0.2) is 78.2 Å². The second-order valence-corrected chi connectivity index (χ2v) is 10.8. The van der Waals surface area contributed by atoms with Crippen LogP contribution in [0.4, 0.5) is 8.78 Å². The van der Waals surface area contributed by atoms with E-state index in [0.29, 0.717) is 32.7 Å². The Bertz CT molecular complexity index is 1190. The molecule has 0 aromatic heterocycles. The van der Waals surface area contributed by atoms with Crippen molar-refractivity contribution >= 4 is 11.7 Å². The van der Waals surface area contributed by atoms with Crippen LogP contribution in [0.5, 0.6) is 0 Å². The summed E-state index contributed by atoms with van der Waals surface area (Å²) in [4.78, 5) is 33.0. The highest BCUT2D eigenvalue weighted by molar-refractivity contribution is 5.88. The number of benzene rings is 2. The van der Waals surface area contributed by atoms with Gasteiger partial charge < -0.3 is 4.90 Å². The fourth-order valence-corrected chi connectivity index (χ4v) is 6.05. The lowest BCUT2D eigenvalue weighted by Crippen LogP contribution is -2.55. The van der Waals surface area contributed by atoms with Gasteiger partial charge in [0.15, 0.2) is 5.78 Å². The molecule has 0 N–H and O–H groups in total. The normalized spacial score (nSPS) is 27.1. The van der Waals surface area contributed by atoms with Crippen LogP contribution in [-0.2, 0) is 15.1 Å². The number of piperazine rings is 1. The molecule has 202 valence electrons. The van der Waals surface area contributed by atoms with E-state index in [9.17, 15) is 18.4 Å². The molecule has 2 aromatic carbocycles. The zero-order valence-electron chi connectivity index (χ0n) is 22.0. The molecular weight excluding hydrogens is 488 g/mol. The van der Waals surface area contributed by atoms with Crippen molar-refractivity contribution in [3.05, 3.63) is 71.3 Å². The number of hydrogen-bond donors (Lipinski definition) is 0. The van der Waals surface area contributed by atoms with Crippen LogP contribution < -0.4 is 0 Å². The second-order valence-electron chi connectivity index (χ2n) is 10.8. The zero-order chi connectivity index (χ0) is 26.9. The molecule has 2 fully saturated rings. The lowest BCUT2D eigenvalue weighted by Gasteiger charge is -2.40. The number of azo groups is 1. The molecule has 0 spiro atoms. The van der Waals surface area contributed by atoms with E-state index < -0.39 is 35.2 Å². The van der Waals surface area contributed by atoms with E-state index in [2.05, 4.69) is 20.0 Å². The summed E-state index contributed by atoms with van der Waals surface area (Å²) in [7, 11) is 0. The minimum Gasteiger partial charge on any atom is -0.342 e. The molecule has 0 bridgehead atoms. The predicted molar refractivity (Wildman–Crippen MR) is 140 cm³/mol. The van der Waals surface area contributed by atoms with E-state index in [-0.39, 0.29) is 17.3 Å². The molecular formula is C29H35F2N5O2. The number of amides is 1. The third kappa shape index (κ3) is 5.14. The van der Waals surface area contributed by atoms with E-state index in [0.717, 1.165) is 49.7 Å². The maximum absolute atomic E-state index is 14.9. The van der Waals surface area contributed by atoms with Crippen molar-refractivity contribution in [2.75, 3.05) is 45.8 Å². The summed E-state index contributed by atoms with van der Waals surface area (Å²) in [5.41, 5.74) is -0.164. The molecule has 9 heteroatoms. The van der Waals surface area contributed by atoms with Gasteiger partial charge in [0.2, 0.25) is 5.91 Å². The first-order valence-corrected chi connectivity index (χ1v) is 13.5. The molecule has 3 heterocycles. The Labute approximate surface area is 222 Å². The average molecular weight is 524 g/mol. The fourth-order valence-electron chi connectivity index (χ4n) is 6.05. The molecule has 4 atom stereocenters. The zero-order valence-corrected chi connectivity index (χ0v) is 22.0.